The van der Waals surface area contributed by atoms with Crippen molar-refractivity contribution in [2.45, 2.75) is 6.92 Å². The minimum Gasteiger partial charge on any atom is -0.466 e. The molecular weight excluding hydrogens is 188 g/mol. The molecule has 0 heterocycles. The average Bonchev–Trinajstić information content (AvgIpc) is 2.27. The Labute approximate surface area is 89.9 Å². The number of rotatable bonds is 3. The van der Waals surface area contributed by atoms with Crippen molar-refractivity contribution >= 4 is 12.0 Å². The number of hydrogen-bond donors (Lipinski definition) is 0. The Bertz CT molecular complexity index is 375. The van der Waals surface area contributed by atoms with Crippen molar-refractivity contribution in [3.05, 3.63) is 53.6 Å². The molecule has 0 fully saturated rings. The van der Waals surface area contributed by atoms with E-state index in [9.17, 15) is 4.79 Å². The van der Waals surface area contributed by atoms with E-state index in [1.54, 1.807) is 0 Å². The summed E-state index contributed by atoms with van der Waals surface area (Å²) in [4.78, 5) is 10.9. The van der Waals surface area contributed by atoms with Gasteiger partial charge in [0.25, 0.3) is 0 Å². The third-order valence-electron chi connectivity index (χ3n) is 1.88. The van der Waals surface area contributed by atoms with E-state index in [2.05, 4.69) is 4.74 Å². The Hall–Kier alpha value is -1.83. The molecule has 1 aromatic carbocycles. The van der Waals surface area contributed by atoms with Crippen LogP contribution in [0, 0.1) is 0 Å². The molecule has 2 heteroatoms. The van der Waals surface area contributed by atoms with Gasteiger partial charge >= 0.3 is 5.97 Å². The number of ether oxygens (including phenoxy) is 1. The van der Waals surface area contributed by atoms with Gasteiger partial charge in [0, 0.05) is 6.08 Å². The SMILES string of the molecule is COC(=O)/C=C(C)/C=C\c1ccccc1. The Kier molecular flexibility index (Phi) is 4.35. The first-order chi connectivity index (χ1) is 7.22. The van der Waals surface area contributed by atoms with Gasteiger partial charge < -0.3 is 4.74 Å². The van der Waals surface area contributed by atoms with Crippen molar-refractivity contribution in [1.29, 1.82) is 0 Å². The van der Waals surface area contributed by atoms with Crippen LogP contribution in [-0.4, -0.2) is 13.1 Å². The number of benzene rings is 1. The van der Waals surface area contributed by atoms with Gasteiger partial charge in [-0.05, 0) is 18.1 Å². The highest BCUT2D eigenvalue weighted by Gasteiger charge is 1.92. The molecule has 0 saturated heterocycles. The lowest BCUT2D eigenvalue weighted by molar-refractivity contribution is -0.134. The normalized spacial score (nSPS) is 11.7. The number of esters is 1. The molecule has 0 aliphatic carbocycles. The fourth-order valence-electron chi connectivity index (χ4n) is 1.08. The number of carbonyl (C=O) groups excluding carboxylic acids is 1. The molecule has 1 aromatic rings. The largest absolute Gasteiger partial charge is 0.466 e. The highest BCUT2D eigenvalue weighted by Crippen LogP contribution is 2.04. The van der Waals surface area contributed by atoms with Crippen molar-refractivity contribution < 1.29 is 9.53 Å². The maximum Gasteiger partial charge on any atom is 0.330 e. The van der Waals surface area contributed by atoms with Crippen LogP contribution in [0.4, 0.5) is 0 Å². The van der Waals surface area contributed by atoms with E-state index >= 15 is 0 Å². The number of carbonyl (C=O) groups is 1. The van der Waals surface area contributed by atoms with Crippen LogP contribution in [-0.2, 0) is 9.53 Å². The summed E-state index contributed by atoms with van der Waals surface area (Å²) < 4.78 is 4.52. The lowest BCUT2D eigenvalue weighted by Gasteiger charge is -1.94. The molecule has 78 valence electrons. The summed E-state index contributed by atoms with van der Waals surface area (Å²) in [6, 6.07) is 9.91. The fourth-order valence-corrected chi connectivity index (χ4v) is 1.08. The van der Waals surface area contributed by atoms with Gasteiger partial charge in [0.2, 0.25) is 0 Å². The second kappa shape index (κ2) is 5.81. The molecule has 2 nitrogen and oxygen atoms in total. The minimum absolute atomic E-state index is 0.329. The molecule has 0 bridgehead atoms. The van der Waals surface area contributed by atoms with E-state index in [1.807, 2.05) is 49.4 Å². The van der Waals surface area contributed by atoms with Crippen molar-refractivity contribution in [1.82, 2.24) is 0 Å². The molecule has 0 atom stereocenters. The van der Waals surface area contributed by atoms with E-state index in [-0.39, 0.29) is 5.97 Å². The van der Waals surface area contributed by atoms with Gasteiger partial charge in [-0.15, -0.1) is 0 Å². The van der Waals surface area contributed by atoms with Gasteiger partial charge in [-0.1, -0.05) is 42.5 Å². The van der Waals surface area contributed by atoms with Crippen molar-refractivity contribution in [3.8, 4) is 0 Å². The van der Waals surface area contributed by atoms with Gasteiger partial charge in [0.1, 0.15) is 0 Å². The van der Waals surface area contributed by atoms with E-state index < -0.39 is 0 Å². The summed E-state index contributed by atoms with van der Waals surface area (Å²) in [5.41, 5.74) is 1.97. The average molecular weight is 202 g/mol. The molecule has 0 unspecified atom stereocenters. The fraction of sp³-hybridized carbons (Fsp3) is 0.154. The maximum atomic E-state index is 10.9. The second-order valence-electron chi connectivity index (χ2n) is 3.16. The Morgan fingerprint density at radius 3 is 2.53 bits per heavy atom. The monoisotopic (exact) mass is 202 g/mol. The maximum absolute atomic E-state index is 10.9. The van der Waals surface area contributed by atoms with E-state index in [0.29, 0.717) is 0 Å². The first-order valence-corrected chi connectivity index (χ1v) is 4.72. The molecule has 0 saturated carbocycles. The van der Waals surface area contributed by atoms with E-state index in [4.69, 9.17) is 0 Å². The zero-order valence-electron chi connectivity index (χ0n) is 8.94. The minimum atomic E-state index is -0.329. The van der Waals surface area contributed by atoms with Gasteiger partial charge in [0.15, 0.2) is 0 Å². The quantitative estimate of drug-likeness (QED) is 0.428. The molecule has 0 aliphatic heterocycles. The van der Waals surface area contributed by atoms with Crippen LogP contribution in [0.2, 0.25) is 0 Å². The van der Waals surface area contributed by atoms with Crippen LogP contribution in [0.15, 0.2) is 48.1 Å². The zero-order valence-corrected chi connectivity index (χ0v) is 8.94. The predicted octanol–water partition coefficient (Wildman–Crippen LogP) is 2.82. The van der Waals surface area contributed by atoms with E-state index in [1.165, 1.54) is 13.2 Å². The van der Waals surface area contributed by atoms with Crippen molar-refractivity contribution in [2.75, 3.05) is 7.11 Å². The first-order valence-electron chi connectivity index (χ1n) is 4.72. The highest BCUT2D eigenvalue weighted by atomic mass is 16.5. The lowest BCUT2D eigenvalue weighted by Crippen LogP contribution is -1.94. The molecule has 1 rings (SSSR count). The summed E-state index contributed by atoms with van der Waals surface area (Å²) in [5.74, 6) is -0.329. The van der Waals surface area contributed by atoms with Gasteiger partial charge in [0.05, 0.1) is 7.11 Å². The van der Waals surface area contributed by atoms with Gasteiger partial charge in [-0.25, -0.2) is 4.79 Å². The smallest absolute Gasteiger partial charge is 0.330 e. The third kappa shape index (κ3) is 4.27. The summed E-state index contributed by atoms with van der Waals surface area (Å²) in [7, 11) is 1.37. The second-order valence-corrected chi connectivity index (χ2v) is 3.16. The van der Waals surface area contributed by atoms with Gasteiger partial charge in [-0.3, -0.25) is 0 Å². The van der Waals surface area contributed by atoms with E-state index in [0.717, 1.165) is 11.1 Å². The third-order valence-corrected chi connectivity index (χ3v) is 1.88. The van der Waals surface area contributed by atoms with Crippen LogP contribution in [0.3, 0.4) is 0 Å². The molecule has 0 spiro atoms. The lowest BCUT2D eigenvalue weighted by atomic mass is 10.1. The van der Waals surface area contributed by atoms with Crippen LogP contribution in [0.1, 0.15) is 12.5 Å². The number of allylic oxidation sites excluding steroid dienone is 2. The van der Waals surface area contributed by atoms with Crippen molar-refractivity contribution in [3.63, 3.8) is 0 Å². The first kappa shape index (κ1) is 11.2. The standard InChI is InChI=1S/C13H14O2/c1-11(10-13(14)15-2)8-9-12-6-4-3-5-7-12/h3-10H,1-2H3/b9-8-,11-10+. The molecule has 15 heavy (non-hydrogen) atoms. The van der Waals surface area contributed by atoms with Crippen LogP contribution < -0.4 is 0 Å². The topological polar surface area (TPSA) is 26.3 Å². The summed E-state index contributed by atoms with van der Waals surface area (Å²) in [6.07, 6.45) is 5.29. The number of hydrogen-bond acceptors (Lipinski definition) is 2. The molecule has 0 N–H and O–H groups in total. The summed E-state index contributed by atoms with van der Waals surface area (Å²) in [6.45, 7) is 1.86. The zero-order chi connectivity index (χ0) is 11.1. The molecule has 0 amide bonds. The Morgan fingerprint density at radius 1 is 1.27 bits per heavy atom. The van der Waals surface area contributed by atoms with Gasteiger partial charge in [-0.2, -0.15) is 0 Å². The van der Waals surface area contributed by atoms with Crippen molar-refractivity contribution in [2.24, 2.45) is 0 Å². The predicted molar refractivity (Wildman–Crippen MR) is 61.2 cm³/mol. The highest BCUT2D eigenvalue weighted by molar-refractivity contribution is 5.83. The number of methoxy groups -OCH3 is 1. The van der Waals surface area contributed by atoms with Crippen LogP contribution >= 0.6 is 0 Å². The summed E-state index contributed by atoms with van der Waals surface area (Å²) in [5, 5.41) is 0. The Morgan fingerprint density at radius 2 is 1.93 bits per heavy atom. The van der Waals surface area contributed by atoms with Crippen LogP contribution in [0.5, 0.6) is 0 Å². The Balaban J connectivity index is 2.66. The van der Waals surface area contributed by atoms with Crippen LogP contribution in [0.25, 0.3) is 6.08 Å². The molecule has 0 aromatic heterocycles. The summed E-state index contributed by atoms with van der Waals surface area (Å²) >= 11 is 0. The molecule has 0 aliphatic rings. The molecular formula is C13H14O2. The molecule has 0 radical (unpaired) electrons.